The highest BCUT2D eigenvalue weighted by Gasteiger charge is 2.09. The third-order valence-corrected chi connectivity index (χ3v) is 5.07. The standard InChI is InChI=1S/C20H19Br2NO2.ClH/c1-24-19-5-3-2-4-14(19)10-11-23-13-16-7-9-20(25-16)17-8-6-15(21)12-18(17)22;/h2-9,12,23H,10-11,13H2,1H3;1H. The second-order valence-corrected chi connectivity index (χ2v) is 7.40. The van der Waals surface area contributed by atoms with Gasteiger partial charge in [0.15, 0.2) is 0 Å². The van der Waals surface area contributed by atoms with Crippen molar-refractivity contribution < 1.29 is 9.15 Å². The third-order valence-electron chi connectivity index (χ3n) is 3.92. The molecule has 0 spiro atoms. The number of rotatable bonds is 7. The van der Waals surface area contributed by atoms with Crippen molar-refractivity contribution in [3.8, 4) is 17.1 Å². The van der Waals surface area contributed by atoms with Crippen LogP contribution < -0.4 is 10.1 Å². The van der Waals surface area contributed by atoms with Crippen LogP contribution in [0, 0.1) is 0 Å². The summed E-state index contributed by atoms with van der Waals surface area (Å²) in [5.41, 5.74) is 2.25. The molecule has 3 aromatic rings. The van der Waals surface area contributed by atoms with Gasteiger partial charge in [-0.3, -0.25) is 0 Å². The van der Waals surface area contributed by atoms with Crippen molar-refractivity contribution in [2.24, 2.45) is 0 Å². The Morgan fingerprint density at radius 3 is 2.62 bits per heavy atom. The number of hydrogen-bond donors (Lipinski definition) is 1. The van der Waals surface area contributed by atoms with Gasteiger partial charge in [-0.1, -0.05) is 34.1 Å². The lowest BCUT2D eigenvalue weighted by Gasteiger charge is -2.08. The number of para-hydroxylation sites is 1. The molecule has 0 aliphatic rings. The van der Waals surface area contributed by atoms with Gasteiger partial charge in [0.25, 0.3) is 0 Å². The zero-order chi connectivity index (χ0) is 17.6. The fourth-order valence-corrected chi connectivity index (χ4v) is 3.89. The minimum Gasteiger partial charge on any atom is -0.496 e. The summed E-state index contributed by atoms with van der Waals surface area (Å²) in [5.74, 6) is 2.72. The van der Waals surface area contributed by atoms with Crippen molar-refractivity contribution >= 4 is 44.3 Å². The number of hydrogen-bond acceptors (Lipinski definition) is 3. The summed E-state index contributed by atoms with van der Waals surface area (Å²) in [6, 6.07) is 18.2. The van der Waals surface area contributed by atoms with Crippen LogP contribution in [0.15, 0.2) is 68.0 Å². The molecule has 1 aromatic heterocycles. The van der Waals surface area contributed by atoms with E-state index in [1.165, 1.54) is 5.56 Å². The van der Waals surface area contributed by atoms with Crippen molar-refractivity contribution in [3.05, 3.63) is 74.9 Å². The highest BCUT2D eigenvalue weighted by Crippen LogP contribution is 2.31. The van der Waals surface area contributed by atoms with Gasteiger partial charge in [0.1, 0.15) is 17.3 Å². The maximum absolute atomic E-state index is 5.96. The minimum absolute atomic E-state index is 0. The van der Waals surface area contributed by atoms with Crippen molar-refractivity contribution in [1.29, 1.82) is 0 Å². The first kappa shape index (κ1) is 21.0. The topological polar surface area (TPSA) is 34.4 Å². The predicted octanol–water partition coefficient (Wildman–Crippen LogP) is 6.23. The lowest BCUT2D eigenvalue weighted by Crippen LogP contribution is -2.16. The van der Waals surface area contributed by atoms with Crippen LogP contribution in [-0.4, -0.2) is 13.7 Å². The van der Waals surface area contributed by atoms with E-state index in [9.17, 15) is 0 Å². The maximum Gasteiger partial charge on any atom is 0.135 e. The molecule has 138 valence electrons. The van der Waals surface area contributed by atoms with Gasteiger partial charge in [-0.15, -0.1) is 12.4 Å². The molecular weight excluding hydrogens is 481 g/mol. The smallest absolute Gasteiger partial charge is 0.135 e. The van der Waals surface area contributed by atoms with Gasteiger partial charge >= 0.3 is 0 Å². The van der Waals surface area contributed by atoms with Crippen LogP contribution in [0.5, 0.6) is 5.75 Å². The molecule has 0 unspecified atom stereocenters. The monoisotopic (exact) mass is 499 g/mol. The van der Waals surface area contributed by atoms with E-state index >= 15 is 0 Å². The van der Waals surface area contributed by atoms with Crippen LogP contribution in [0.25, 0.3) is 11.3 Å². The average Bonchev–Trinajstić information content (AvgIpc) is 3.07. The van der Waals surface area contributed by atoms with Gasteiger partial charge in [-0.25, -0.2) is 0 Å². The molecule has 2 aromatic carbocycles. The van der Waals surface area contributed by atoms with E-state index in [-0.39, 0.29) is 12.4 Å². The Hall–Kier alpha value is -1.27. The highest BCUT2D eigenvalue weighted by atomic mass is 79.9. The fraction of sp³-hybridized carbons (Fsp3) is 0.200. The van der Waals surface area contributed by atoms with Gasteiger partial charge in [-0.05, 0) is 70.9 Å². The summed E-state index contributed by atoms with van der Waals surface area (Å²) in [7, 11) is 1.71. The first-order chi connectivity index (χ1) is 12.2. The molecule has 0 aliphatic carbocycles. The van der Waals surface area contributed by atoms with Crippen LogP contribution in [0.3, 0.4) is 0 Å². The number of nitrogens with one attached hydrogen (secondary N) is 1. The average molecular weight is 502 g/mol. The summed E-state index contributed by atoms with van der Waals surface area (Å²) in [6.45, 7) is 1.56. The predicted molar refractivity (Wildman–Crippen MR) is 115 cm³/mol. The van der Waals surface area contributed by atoms with Gasteiger partial charge in [-0.2, -0.15) is 0 Å². The zero-order valence-electron chi connectivity index (χ0n) is 14.3. The maximum atomic E-state index is 5.96. The van der Waals surface area contributed by atoms with E-state index in [0.29, 0.717) is 6.54 Å². The summed E-state index contributed by atoms with van der Waals surface area (Å²) in [6.07, 6.45) is 0.913. The Kier molecular flexibility index (Phi) is 8.22. The Labute approximate surface area is 176 Å². The lowest BCUT2D eigenvalue weighted by atomic mass is 10.1. The molecule has 0 atom stereocenters. The van der Waals surface area contributed by atoms with Gasteiger partial charge in [0.2, 0.25) is 0 Å². The molecule has 0 saturated carbocycles. The number of furan rings is 1. The SMILES string of the molecule is COc1ccccc1CCNCc1ccc(-c2ccc(Br)cc2Br)o1.Cl. The van der Waals surface area contributed by atoms with Gasteiger partial charge in [0, 0.05) is 14.5 Å². The van der Waals surface area contributed by atoms with Crippen LogP contribution in [0.4, 0.5) is 0 Å². The Balaban J connectivity index is 0.00000243. The molecule has 0 radical (unpaired) electrons. The third kappa shape index (κ3) is 5.36. The van der Waals surface area contributed by atoms with Crippen LogP contribution >= 0.6 is 44.3 Å². The molecule has 6 heteroatoms. The molecule has 3 rings (SSSR count). The molecular formula is C20H20Br2ClNO2. The molecule has 0 saturated heterocycles. The molecule has 0 bridgehead atoms. The number of ether oxygens (including phenoxy) is 1. The second kappa shape index (κ2) is 10.2. The summed E-state index contributed by atoms with van der Waals surface area (Å²) in [4.78, 5) is 0. The quantitative estimate of drug-likeness (QED) is 0.390. The van der Waals surface area contributed by atoms with Gasteiger partial charge < -0.3 is 14.5 Å². The Bertz CT molecular complexity index is 851. The summed E-state index contributed by atoms with van der Waals surface area (Å²) >= 11 is 7.04. The molecule has 0 aliphatic heterocycles. The molecule has 1 N–H and O–H groups in total. The van der Waals surface area contributed by atoms with E-state index in [1.54, 1.807) is 7.11 Å². The molecule has 3 nitrogen and oxygen atoms in total. The first-order valence-electron chi connectivity index (χ1n) is 8.04. The van der Waals surface area contributed by atoms with E-state index in [2.05, 4.69) is 43.2 Å². The van der Waals surface area contributed by atoms with Crippen molar-refractivity contribution in [2.75, 3.05) is 13.7 Å². The van der Waals surface area contributed by atoms with Crippen molar-refractivity contribution in [1.82, 2.24) is 5.32 Å². The van der Waals surface area contributed by atoms with Crippen molar-refractivity contribution in [2.45, 2.75) is 13.0 Å². The second-order valence-electron chi connectivity index (χ2n) is 5.63. The Morgan fingerprint density at radius 1 is 1.04 bits per heavy atom. The van der Waals surface area contributed by atoms with Gasteiger partial charge in [0.05, 0.1) is 13.7 Å². The van der Waals surface area contributed by atoms with Crippen molar-refractivity contribution in [3.63, 3.8) is 0 Å². The highest BCUT2D eigenvalue weighted by molar-refractivity contribution is 9.11. The van der Waals surface area contributed by atoms with E-state index in [1.807, 2.05) is 48.5 Å². The number of methoxy groups -OCH3 is 1. The normalized spacial score (nSPS) is 10.4. The molecule has 1 heterocycles. The van der Waals surface area contributed by atoms with Crippen LogP contribution in [0.1, 0.15) is 11.3 Å². The lowest BCUT2D eigenvalue weighted by molar-refractivity contribution is 0.408. The van der Waals surface area contributed by atoms with Crippen LogP contribution in [0.2, 0.25) is 0 Å². The fourth-order valence-electron chi connectivity index (χ4n) is 2.65. The molecule has 26 heavy (non-hydrogen) atoms. The minimum atomic E-state index is 0. The largest absolute Gasteiger partial charge is 0.496 e. The van der Waals surface area contributed by atoms with E-state index in [0.717, 1.165) is 44.7 Å². The first-order valence-corrected chi connectivity index (χ1v) is 9.62. The van der Waals surface area contributed by atoms with E-state index in [4.69, 9.17) is 9.15 Å². The summed E-state index contributed by atoms with van der Waals surface area (Å²) in [5, 5.41) is 3.42. The molecule has 0 amide bonds. The zero-order valence-corrected chi connectivity index (χ0v) is 18.3. The summed E-state index contributed by atoms with van der Waals surface area (Å²) < 4.78 is 13.4. The number of halogens is 3. The molecule has 0 fully saturated rings. The Morgan fingerprint density at radius 2 is 1.85 bits per heavy atom. The van der Waals surface area contributed by atoms with E-state index < -0.39 is 0 Å². The van der Waals surface area contributed by atoms with Crippen LogP contribution in [-0.2, 0) is 13.0 Å². The number of benzene rings is 2.